The van der Waals surface area contributed by atoms with Crippen molar-refractivity contribution in [2.45, 2.75) is 19.6 Å². The Kier molecular flexibility index (Phi) is 4.46. The van der Waals surface area contributed by atoms with Crippen LogP contribution in [0.5, 0.6) is 5.75 Å². The average molecular weight is 360 g/mol. The maximum Gasteiger partial charge on any atom is 0.387 e. The molecule has 1 atom stereocenters. The molecule has 26 heavy (non-hydrogen) atoms. The van der Waals surface area contributed by atoms with E-state index in [0.717, 1.165) is 28.0 Å². The van der Waals surface area contributed by atoms with Gasteiger partial charge in [-0.15, -0.1) is 0 Å². The summed E-state index contributed by atoms with van der Waals surface area (Å²) in [5.41, 5.74) is 2.52. The Labute approximate surface area is 149 Å². The number of hydrogen-bond acceptors (Lipinski definition) is 5. The van der Waals surface area contributed by atoms with Gasteiger partial charge in [-0.1, -0.05) is 0 Å². The van der Waals surface area contributed by atoms with Gasteiger partial charge in [-0.3, -0.25) is 4.98 Å². The summed E-state index contributed by atoms with van der Waals surface area (Å²) < 4.78 is 41.0. The molecule has 3 aromatic rings. The number of alkyl halides is 2. The highest BCUT2D eigenvalue weighted by Gasteiger charge is 2.25. The third-order valence-corrected chi connectivity index (χ3v) is 4.38. The zero-order valence-electron chi connectivity index (χ0n) is 14.2. The summed E-state index contributed by atoms with van der Waals surface area (Å²) in [6.07, 6.45) is 1.44. The molecular formula is C19H18F2N2O3. The van der Waals surface area contributed by atoms with Crippen molar-refractivity contribution < 1.29 is 22.7 Å². The number of hydrogen-bond donors (Lipinski definition) is 0. The second-order valence-electron chi connectivity index (χ2n) is 6.16. The summed E-state index contributed by atoms with van der Waals surface area (Å²) in [5.74, 6) is 0.891. The maximum atomic E-state index is 12.6. The standard InChI is InChI=1S/C19H18F2N2O3/c1-12-9-16(14-10-13(26-19(20)21)4-5-15(14)22-12)23-6-8-25-18(11-23)17-3-2-7-24-17/h2-5,7,9-10,18-19H,6,8,11H2,1H3. The van der Waals surface area contributed by atoms with Crippen molar-refractivity contribution in [1.82, 2.24) is 4.98 Å². The van der Waals surface area contributed by atoms with Gasteiger partial charge in [0.1, 0.15) is 17.6 Å². The van der Waals surface area contributed by atoms with Crippen molar-refractivity contribution in [3.63, 3.8) is 0 Å². The Morgan fingerprint density at radius 2 is 2.15 bits per heavy atom. The van der Waals surface area contributed by atoms with E-state index in [1.165, 1.54) is 6.07 Å². The molecule has 0 aliphatic carbocycles. The van der Waals surface area contributed by atoms with Crippen LogP contribution in [-0.4, -0.2) is 31.3 Å². The fourth-order valence-corrected chi connectivity index (χ4v) is 3.27. The lowest BCUT2D eigenvalue weighted by molar-refractivity contribution is -0.0497. The fourth-order valence-electron chi connectivity index (χ4n) is 3.27. The van der Waals surface area contributed by atoms with Crippen LogP contribution in [0.2, 0.25) is 0 Å². The first-order chi connectivity index (χ1) is 12.6. The van der Waals surface area contributed by atoms with E-state index >= 15 is 0 Å². The molecule has 0 spiro atoms. The summed E-state index contributed by atoms with van der Waals surface area (Å²) in [4.78, 5) is 6.67. The Bertz CT molecular complexity index is 899. The van der Waals surface area contributed by atoms with Gasteiger partial charge in [-0.05, 0) is 43.3 Å². The van der Waals surface area contributed by atoms with Crippen molar-refractivity contribution in [1.29, 1.82) is 0 Å². The molecule has 5 nitrogen and oxygen atoms in total. The number of anilines is 1. The zero-order valence-corrected chi connectivity index (χ0v) is 14.2. The molecule has 0 amide bonds. The number of aryl methyl sites for hydroxylation is 1. The molecule has 0 saturated carbocycles. The summed E-state index contributed by atoms with van der Waals surface area (Å²) in [5, 5.41) is 0.772. The van der Waals surface area contributed by atoms with Crippen LogP contribution in [0.15, 0.2) is 47.1 Å². The molecule has 3 heterocycles. The van der Waals surface area contributed by atoms with Gasteiger partial charge in [0, 0.05) is 23.3 Å². The van der Waals surface area contributed by atoms with Crippen molar-refractivity contribution in [2.75, 3.05) is 24.6 Å². The number of ether oxygens (including phenoxy) is 2. The molecule has 7 heteroatoms. The van der Waals surface area contributed by atoms with Crippen LogP contribution in [-0.2, 0) is 4.74 Å². The first kappa shape index (κ1) is 16.8. The first-order valence-corrected chi connectivity index (χ1v) is 8.36. The molecule has 0 N–H and O–H groups in total. The van der Waals surface area contributed by atoms with Crippen LogP contribution in [0, 0.1) is 6.92 Å². The lowest BCUT2D eigenvalue weighted by Crippen LogP contribution is -2.38. The Morgan fingerprint density at radius 1 is 1.27 bits per heavy atom. The van der Waals surface area contributed by atoms with Crippen LogP contribution in [0.4, 0.5) is 14.5 Å². The van der Waals surface area contributed by atoms with Gasteiger partial charge < -0.3 is 18.8 Å². The minimum absolute atomic E-state index is 0.121. The minimum Gasteiger partial charge on any atom is -0.467 e. The summed E-state index contributed by atoms with van der Waals surface area (Å²) in [6.45, 7) is 0.890. The Hall–Kier alpha value is -2.67. The highest BCUT2D eigenvalue weighted by Crippen LogP contribution is 2.33. The summed E-state index contributed by atoms with van der Waals surface area (Å²) >= 11 is 0. The van der Waals surface area contributed by atoms with E-state index in [4.69, 9.17) is 9.15 Å². The number of benzene rings is 1. The van der Waals surface area contributed by atoms with Crippen LogP contribution in [0.3, 0.4) is 0 Å². The van der Waals surface area contributed by atoms with Crippen LogP contribution >= 0.6 is 0 Å². The molecule has 136 valence electrons. The SMILES string of the molecule is Cc1cc(N2CCOC(c3ccco3)C2)c2cc(OC(F)F)ccc2n1. The highest BCUT2D eigenvalue weighted by atomic mass is 19.3. The number of rotatable bonds is 4. The largest absolute Gasteiger partial charge is 0.467 e. The monoisotopic (exact) mass is 360 g/mol. The Balaban J connectivity index is 1.72. The van der Waals surface area contributed by atoms with E-state index in [0.29, 0.717) is 19.7 Å². The molecule has 1 aromatic carbocycles. The van der Waals surface area contributed by atoms with E-state index < -0.39 is 6.61 Å². The zero-order chi connectivity index (χ0) is 18.1. The second kappa shape index (κ2) is 6.92. The number of fused-ring (bicyclic) bond motifs is 1. The number of halogens is 2. The van der Waals surface area contributed by atoms with Crippen molar-refractivity contribution in [2.24, 2.45) is 0 Å². The molecule has 4 rings (SSSR count). The topological polar surface area (TPSA) is 47.7 Å². The number of nitrogens with zero attached hydrogens (tertiary/aromatic N) is 2. The molecule has 2 aromatic heterocycles. The van der Waals surface area contributed by atoms with Crippen molar-refractivity contribution in [3.05, 3.63) is 54.1 Å². The van der Waals surface area contributed by atoms with Gasteiger partial charge in [-0.2, -0.15) is 8.78 Å². The lowest BCUT2D eigenvalue weighted by Gasteiger charge is -2.34. The van der Waals surface area contributed by atoms with Gasteiger partial charge in [0.25, 0.3) is 0 Å². The molecule has 0 bridgehead atoms. The Morgan fingerprint density at radius 3 is 2.92 bits per heavy atom. The van der Waals surface area contributed by atoms with Gasteiger partial charge in [-0.25, -0.2) is 0 Å². The van der Waals surface area contributed by atoms with Gasteiger partial charge in [0.15, 0.2) is 0 Å². The lowest BCUT2D eigenvalue weighted by atomic mass is 10.1. The van der Waals surface area contributed by atoms with Crippen molar-refractivity contribution >= 4 is 16.6 Å². The predicted octanol–water partition coefficient (Wildman–Crippen LogP) is 4.32. The van der Waals surface area contributed by atoms with Crippen molar-refractivity contribution in [3.8, 4) is 5.75 Å². The molecule has 1 aliphatic rings. The van der Waals surface area contributed by atoms with E-state index in [1.807, 2.05) is 25.1 Å². The third kappa shape index (κ3) is 3.35. The van der Waals surface area contributed by atoms with E-state index in [9.17, 15) is 8.78 Å². The molecular weight excluding hydrogens is 342 g/mol. The molecule has 1 saturated heterocycles. The number of furan rings is 1. The average Bonchev–Trinajstić information content (AvgIpc) is 3.16. The second-order valence-corrected chi connectivity index (χ2v) is 6.16. The molecule has 1 fully saturated rings. The molecule has 1 unspecified atom stereocenters. The quantitative estimate of drug-likeness (QED) is 0.694. The predicted molar refractivity (Wildman–Crippen MR) is 92.7 cm³/mol. The number of aromatic nitrogens is 1. The van der Waals surface area contributed by atoms with E-state index in [1.54, 1.807) is 18.4 Å². The number of pyridine rings is 1. The van der Waals surface area contributed by atoms with Gasteiger partial charge in [0.05, 0.1) is 24.9 Å². The fraction of sp³-hybridized carbons (Fsp3) is 0.316. The normalized spacial score (nSPS) is 17.8. The van der Waals surface area contributed by atoms with Crippen LogP contribution < -0.4 is 9.64 Å². The van der Waals surface area contributed by atoms with E-state index in [2.05, 4.69) is 14.6 Å². The number of morpholine rings is 1. The molecule has 1 aliphatic heterocycles. The molecule has 0 radical (unpaired) electrons. The summed E-state index contributed by atoms with van der Waals surface area (Å²) in [7, 11) is 0. The smallest absolute Gasteiger partial charge is 0.387 e. The third-order valence-electron chi connectivity index (χ3n) is 4.38. The van der Waals surface area contributed by atoms with Gasteiger partial charge >= 0.3 is 6.61 Å². The van der Waals surface area contributed by atoms with Crippen LogP contribution in [0.1, 0.15) is 17.6 Å². The van der Waals surface area contributed by atoms with E-state index in [-0.39, 0.29) is 11.9 Å². The van der Waals surface area contributed by atoms with Gasteiger partial charge in [0.2, 0.25) is 0 Å². The first-order valence-electron chi connectivity index (χ1n) is 8.36. The summed E-state index contributed by atoms with van der Waals surface area (Å²) in [6, 6.07) is 10.5. The minimum atomic E-state index is -2.86. The maximum absolute atomic E-state index is 12.6. The van der Waals surface area contributed by atoms with Crippen LogP contribution in [0.25, 0.3) is 10.9 Å². The highest BCUT2D eigenvalue weighted by molar-refractivity contribution is 5.93.